The summed E-state index contributed by atoms with van der Waals surface area (Å²) >= 11 is 0. The van der Waals surface area contributed by atoms with Gasteiger partial charge in [-0.25, -0.2) is 5.53 Å². The Morgan fingerprint density at radius 1 is 2.00 bits per heavy atom. The van der Waals surface area contributed by atoms with Crippen molar-refractivity contribution in [2.24, 2.45) is 5.11 Å². The average molecular weight is 84.1 g/mol. The molecule has 1 N–H and O–H groups in total. The van der Waals surface area contributed by atoms with Gasteiger partial charge in [-0.15, -0.1) is 0 Å². The summed E-state index contributed by atoms with van der Waals surface area (Å²) in [5, 5.41) is 3.09. The number of hydrogen-bond acceptors (Lipinski definition) is 2. The highest BCUT2D eigenvalue weighted by Crippen LogP contribution is 1.83. The first kappa shape index (κ1) is 5.34. The molecule has 0 atom stereocenters. The molecule has 0 fully saturated rings. The summed E-state index contributed by atoms with van der Waals surface area (Å²) in [4.78, 5) is 0. The summed E-state index contributed by atoms with van der Waals surface area (Å²) in [6, 6.07) is 0. The van der Waals surface area contributed by atoms with Crippen LogP contribution in [0.5, 0.6) is 0 Å². The monoisotopic (exact) mass is 84.1 g/mol. The van der Waals surface area contributed by atoms with Gasteiger partial charge in [0.05, 0.1) is 6.54 Å². The van der Waals surface area contributed by atoms with Gasteiger partial charge in [0.15, 0.2) is 0 Å². The first-order valence-corrected chi connectivity index (χ1v) is 1.75. The molecule has 0 saturated carbocycles. The predicted molar refractivity (Wildman–Crippen MR) is 24.8 cm³/mol. The molecule has 0 aromatic rings. The number of nitrogens with one attached hydrogen (secondary N) is 1. The molecule has 0 spiro atoms. The molecule has 0 saturated heterocycles. The van der Waals surface area contributed by atoms with Crippen molar-refractivity contribution in [3.05, 3.63) is 12.2 Å². The fraction of sp³-hybridized carbons (Fsp3) is 0.500. The van der Waals surface area contributed by atoms with E-state index in [4.69, 9.17) is 5.53 Å². The van der Waals surface area contributed by atoms with Gasteiger partial charge in [-0.1, -0.05) is 12.2 Å². The molecule has 0 unspecified atom stereocenters. The third-order valence-electron chi connectivity index (χ3n) is 0.349. The Morgan fingerprint density at radius 2 is 2.50 bits per heavy atom. The molecule has 0 radical (unpaired) electrons. The predicted octanol–water partition coefficient (Wildman–Crippen LogP) is 1.59. The lowest BCUT2D eigenvalue weighted by Gasteiger charge is -1.81. The van der Waals surface area contributed by atoms with Gasteiger partial charge in [0, 0.05) is 0 Å². The van der Waals surface area contributed by atoms with E-state index in [2.05, 4.69) is 11.7 Å². The minimum atomic E-state index is 0.472. The summed E-state index contributed by atoms with van der Waals surface area (Å²) in [5.41, 5.74) is 7.23. The molecule has 0 amide bonds. The quantitative estimate of drug-likeness (QED) is 0.389. The van der Waals surface area contributed by atoms with E-state index in [1.54, 1.807) is 0 Å². The summed E-state index contributed by atoms with van der Waals surface area (Å²) in [6.07, 6.45) is 0. The Hall–Kier alpha value is -0.660. The van der Waals surface area contributed by atoms with Crippen LogP contribution < -0.4 is 0 Å². The number of hydrogen-bond donors (Lipinski definition) is 1. The second kappa shape index (κ2) is 2.57. The molecule has 2 heteroatoms. The third-order valence-corrected chi connectivity index (χ3v) is 0.349. The normalized spacial score (nSPS) is 7.50. The van der Waals surface area contributed by atoms with Gasteiger partial charge in [-0.2, -0.15) is 5.11 Å². The molecule has 0 aromatic carbocycles. The van der Waals surface area contributed by atoms with E-state index >= 15 is 0 Å². The largest absolute Gasteiger partial charge is 0.210 e. The maximum absolute atomic E-state index is 6.30. The number of nitrogens with zero attached hydrogens (tertiary/aromatic N) is 1. The molecule has 0 aliphatic heterocycles. The minimum absolute atomic E-state index is 0.472. The van der Waals surface area contributed by atoms with E-state index in [-0.39, 0.29) is 0 Å². The lowest BCUT2D eigenvalue weighted by Crippen LogP contribution is -1.73. The topological polar surface area (TPSA) is 36.2 Å². The second-order valence-electron chi connectivity index (χ2n) is 1.27. The zero-order valence-corrected chi connectivity index (χ0v) is 3.86. The van der Waals surface area contributed by atoms with Gasteiger partial charge in [0.1, 0.15) is 0 Å². The Balaban J connectivity index is 3.05. The molecule has 0 rings (SSSR count). The van der Waals surface area contributed by atoms with E-state index in [1.807, 2.05) is 6.92 Å². The van der Waals surface area contributed by atoms with Crippen molar-refractivity contribution in [3.8, 4) is 0 Å². The van der Waals surface area contributed by atoms with Gasteiger partial charge in [-0.05, 0) is 6.92 Å². The van der Waals surface area contributed by atoms with Gasteiger partial charge >= 0.3 is 0 Å². The molecule has 0 aliphatic rings. The Bertz CT molecular complexity index is 65.9. The van der Waals surface area contributed by atoms with Crippen LogP contribution >= 0.6 is 0 Å². The van der Waals surface area contributed by atoms with Crippen LogP contribution in [0.25, 0.3) is 0 Å². The molecule has 0 bridgehead atoms. The number of rotatable bonds is 2. The highest BCUT2D eigenvalue weighted by Gasteiger charge is 1.73. The van der Waals surface area contributed by atoms with Crippen molar-refractivity contribution in [1.29, 1.82) is 5.53 Å². The smallest absolute Gasteiger partial charge is 0.0801 e. The van der Waals surface area contributed by atoms with E-state index in [0.717, 1.165) is 5.57 Å². The zero-order chi connectivity index (χ0) is 4.99. The lowest BCUT2D eigenvalue weighted by molar-refractivity contribution is 0.965. The van der Waals surface area contributed by atoms with Crippen LogP contribution in [0.15, 0.2) is 17.3 Å². The average Bonchev–Trinajstić information content (AvgIpc) is 1.35. The highest BCUT2D eigenvalue weighted by molar-refractivity contribution is 4.89. The maximum Gasteiger partial charge on any atom is 0.0801 e. The van der Waals surface area contributed by atoms with E-state index < -0.39 is 0 Å². The standard InChI is InChI=1S/C4H8N2/c1-4(2)3-6-5/h5H,1,3H2,2H3. The van der Waals surface area contributed by atoms with Gasteiger partial charge in [-0.3, -0.25) is 0 Å². The van der Waals surface area contributed by atoms with Gasteiger partial charge < -0.3 is 0 Å². The van der Waals surface area contributed by atoms with Crippen LogP contribution in [-0.2, 0) is 0 Å². The molecule has 2 nitrogen and oxygen atoms in total. The first-order chi connectivity index (χ1) is 2.77. The molecular weight excluding hydrogens is 76.1 g/mol. The van der Waals surface area contributed by atoms with Crippen molar-refractivity contribution >= 4 is 0 Å². The zero-order valence-electron chi connectivity index (χ0n) is 3.86. The van der Waals surface area contributed by atoms with E-state index in [0.29, 0.717) is 6.54 Å². The molecular formula is C4H8N2. The van der Waals surface area contributed by atoms with Gasteiger partial charge in [0.25, 0.3) is 0 Å². The molecule has 34 valence electrons. The van der Waals surface area contributed by atoms with Crippen molar-refractivity contribution in [2.45, 2.75) is 6.92 Å². The van der Waals surface area contributed by atoms with Crippen LogP contribution in [0.1, 0.15) is 6.92 Å². The first-order valence-electron chi connectivity index (χ1n) is 1.75. The summed E-state index contributed by atoms with van der Waals surface area (Å²) in [7, 11) is 0. The van der Waals surface area contributed by atoms with Crippen LogP contribution in [0.4, 0.5) is 0 Å². The van der Waals surface area contributed by atoms with E-state index in [9.17, 15) is 0 Å². The fourth-order valence-electron chi connectivity index (χ4n) is 0.135. The third kappa shape index (κ3) is 3.34. The Morgan fingerprint density at radius 3 is 2.50 bits per heavy atom. The van der Waals surface area contributed by atoms with E-state index in [1.165, 1.54) is 0 Å². The molecule has 0 aliphatic carbocycles. The van der Waals surface area contributed by atoms with Crippen molar-refractivity contribution in [1.82, 2.24) is 0 Å². The SMILES string of the molecule is C=C(C)CN=N. The fourth-order valence-corrected chi connectivity index (χ4v) is 0.135. The van der Waals surface area contributed by atoms with Crippen molar-refractivity contribution in [2.75, 3.05) is 6.54 Å². The lowest BCUT2D eigenvalue weighted by atomic mass is 10.4. The molecule has 0 aromatic heterocycles. The molecule has 6 heavy (non-hydrogen) atoms. The van der Waals surface area contributed by atoms with Crippen LogP contribution in [0.3, 0.4) is 0 Å². The van der Waals surface area contributed by atoms with Crippen LogP contribution in [0, 0.1) is 5.53 Å². The van der Waals surface area contributed by atoms with Crippen molar-refractivity contribution < 1.29 is 0 Å². The maximum atomic E-state index is 6.30. The molecule has 0 heterocycles. The van der Waals surface area contributed by atoms with Gasteiger partial charge in [0.2, 0.25) is 0 Å². The summed E-state index contributed by atoms with van der Waals surface area (Å²) in [6.45, 7) is 5.85. The summed E-state index contributed by atoms with van der Waals surface area (Å²) < 4.78 is 0. The second-order valence-corrected chi connectivity index (χ2v) is 1.27. The Kier molecular flexibility index (Phi) is 2.29. The van der Waals surface area contributed by atoms with Crippen LogP contribution in [-0.4, -0.2) is 6.54 Å². The Labute approximate surface area is 37.4 Å². The minimum Gasteiger partial charge on any atom is -0.210 e. The van der Waals surface area contributed by atoms with Crippen molar-refractivity contribution in [3.63, 3.8) is 0 Å². The highest BCUT2D eigenvalue weighted by atomic mass is 14.9. The van der Waals surface area contributed by atoms with Crippen LogP contribution in [0.2, 0.25) is 0 Å². The summed E-state index contributed by atoms with van der Waals surface area (Å²) in [5.74, 6) is 0.